The lowest BCUT2D eigenvalue weighted by Gasteiger charge is -2.36. The van der Waals surface area contributed by atoms with Crippen molar-refractivity contribution in [1.29, 1.82) is 0 Å². The molecule has 1 aromatic rings. The first kappa shape index (κ1) is 29.5. The number of amides is 1. The quantitative estimate of drug-likeness (QED) is 0.230. The van der Waals surface area contributed by atoms with E-state index in [-0.39, 0.29) is 56.2 Å². The Morgan fingerprint density at radius 3 is 2.72 bits per heavy atom. The zero-order chi connectivity index (χ0) is 27.6. The van der Waals surface area contributed by atoms with Gasteiger partial charge in [0.15, 0.2) is 11.9 Å². The van der Waals surface area contributed by atoms with Crippen molar-refractivity contribution >= 4 is 17.8 Å². The number of hydrogen-bond acceptors (Lipinski definition) is 6. The number of methoxy groups -OCH3 is 1. The molecule has 3 heterocycles. The Balaban J connectivity index is 0.00000441. The zero-order valence-corrected chi connectivity index (χ0v) is 23.6. The minimum atomic E-state index is -0.518. The summed E-state index contributed by atoms with van der Waals surface area (Å²) in [7, 11) is 1.37. The highest BCUT2D eigenvalue weighted by Crippen LogP contribution is 2.43. The maximum atomic E-state index is 14.3. The second-order valence-corrected chi connectivity index (χ2v) is 11.3. The summed E-state index contributed by atoms with van der Waals surface area (Å²) in [5, 5.41) is 3.04. The summed E-state index contributed by atoms with van der Waals surface area (Å²) in [6, 6.07) is 4.26. The van der Waals surface area contributed by atoms with Crippen LogP contribution >= 0.6 is 0 Å². The van der Waals surface area contributed by atoms with Crippen LogP contribution < -0.4 is 5.32 Å². The van der Waals surface area contributed by atoms with E-state index < -0.39 is 6.04 Å². The molecule has 0 radical (unpaired) electrons. The fourth-order valence-electron chi connectivity index (χ4n) is 6.26. The Labute approximate surface area is 233 Å². The monoisotopic (exact) mass is 546 g/mol. The number of aryl methyl sites for hydroxylation is 1. The third-order valence-electron chi connectivity index (χ3n) is 8.47. The van der Waals surface area contributed by atoms with Crippen LogP contribution in [0.5, 0.6) is 0 Å². The van der Waals surface area contributed by atoms with E-state index in [1.807, 2.05) is 0 Å². The number of nitrogens with one attached hydrogen (secondary N) is 1. The molecule has 4 rings (SSSR count). The van der Waals surface area contributed by atoms with E-state index in [0.29, 0.717) is 25.3 Å². The van der Waals surface area contributed by atoms with Gasteiger partial charge in [-0.25, -0.2) is 9.38 Å². The van der Waals surface area contributed by atoms with Crippen LogP contribution in [0.2, 0.25) is 0 Å². The van der Waals surface area contributed by atoms with Crippen molar-refractivity contribution in [3.05, 3.63) is 35.1 Å². The zero-order valence-electron chi connectivity index (χ0n) is 23.6. The number of esters is 1. The molecule has 2 saturated heterocycles. The van der Waals surface area contributed by atoms with E-state index in [1.165, 1.54) is 45.3 Å². The molecule has 3 aliphatic heterocycles. The molecule has 2 fully saturated rings. The summed E-state index contributed by atoms with van der Waals surface area (Å²) >= 11 is 0. The van der Waals surface area contributed by atoms with Crippen molar-refractivity contribution in [3.8, 4) is 0 Å². The maximum Gasteiger partial charge on any atom is 0.305 e. The smallest absolute Gasteiger partial charge is 0.305 e. The van der Waals surface area contributed by atoms with E-state index in [0.717, 1.165) is 43.2 Å². The predicted molar refractivity (Wildman–Crippen MR) is 150 cm³/mol. The number of rotatable bonds is 15. The molecule has 7 nitrogen and oxygen atoms in total. The van der Waals surface area contributed by atoms with Gasteiger partial charge in [-0.2, -0.15) is 0 Å². The molecule has 0 saturated carbocycles. The Kier molecular flexibility index (Phi) is 11.2. The Morgan fingerprint density at radius 1 is 1.13 bits per heavy atom. The maximum absolute atomic E-state index is 14.3. The molecule has 5 unspecified atom stereocenters. The van der Waals surface area contributed by atoms with Gasteiger partial charge in [0.2, 0.25) is 5.91 Å². The summed E-state index contributed by atoms with van der Waals surface area (Å²) in [5.74, 6) is 0.0792. The van der Waals surface area contributed by atoms with E-state index in [9.17, 15) is 14.0 Å². The van der Waals surface area contributed by atoms with Gasteiger partial charge in [-0.05, 0) is 61.8 Å². The van der Waals surface area contributed by atoms with Crippen LogP contribution in [0.25, 0.3) is 0 Å². The van der Waals surface area contributed by atoms with E-state index in [2.05, 4.69) is 12.2 Å². The van der Waals surface area contributed by atoms with E-state index in [4.69, 9.17) is 19.2 Å². The minimum absolute atomic E-state index is 0. The molecule has 39 heavy (non-hydrogen) atoms. The van der Waals surface area contributed by atoms with Crippen molar-refractivity contribution in [2.45, 2.75) is 109 Å². The third-order valence-corrected chi connectivity index (χ3v) is 8.47. The lowest BCUT2D eigenvalue weighted by atomic mass is 9.78. The number of nitrogens with zero attached hydrogens (tertiary/aromatic N) is 1. The van der Waals surface area contributed by atoms with Gasteiger partial charge < -0.3 is 19.5 Å². The number of unbranched alkanes of at least 4 members (excludes halogenated alkanes) is 6. The second-order valence-electron chi connectivity index (χ2n) is 11.3. The van der Waals surface area contributed by atoms with Crippen molar-refractivity contribution in [2.75, 3.05) is 20.3 Å². The molecule has 0 aliphatic carbocycles. The Bertz CT molecular complexity index is 1010. The number of carbonyl (C=O) groups excluding carboxylic acids is 2. The average molecular weight is 547 g/mol. The van der Waals surface area contributed by atoms with Gasteiger partial charge >= 0.3 is 5.97 Å². The predicted octanol–water partition coefficient (Wildman–Crippen LogP) is 5.57. The van der Waals surface area contributed by atoms with Crippen LogP contribution in [0.1, 0.15) is 90.1 Å². The highest BCUT2D eigenvalue weighted by molar-refractivity contribution is 5.89. The molecule has 8 heteroatoms. The number of fused-ring (bicyclic) bond motifs is 2. The highest BCUT2D eigenvalue weighted by atomic mass is 19.1. The van der Waals surface area contributed by atoms with Crippen LogP contribution in [-0.2, 0) is 36.6 Å². The molecule has 0 spiro atoms. The topological polar surface area (TPSA) is 86.2 Å². The molecule has 5 atom stereocenters. The number of halogens is 1. The van der Waals surface area contributed by atoms with E-state index >= 15 is 0 Å². The normalized spacial score (nSPS) is 25.7. The summed E-state index contributed by atoms with van der Waals surface area (Å²) < 4.78 is 31.4. The SMILES string of the molecule is CCCCCCCCCNC(=O)C1COC(C2CC3CCC(O3)C2Cc2cc(F)ccc2CCC(=O)OC)=N1.[HH]. The van der Waals surface area contributed by atoms with Gasteiger partial charge in [-0.3, -0.25) is 9.59 Å². The van der Waals surface area contributed by atoms with Crippen LogP contribution in [-0.4, -0.2) is 56.3 Å². The molecule has 0 aromatic heterocycles. The largest absolute Gasteiger partial charge is 0.478 e. The van der Waals surface area contributed by atoms with Gasteiger partial charge in [0.25, 0.3) is 0 Å². The number of carbonyl (C=O) groups is 2. The Hall–Kier alpha value is -2.48. The third kappa shape index (κ3) is 8.26. The second kappa shape index (κ2) is 14.8. The molecular weight excluding hydrogens is 499 g/mol. The van der Waals surface area contributed by atoms with Crippen molar-refractivity contribution in [2.24, 2.45) is 16.8 Å². The molecule has 1 amide bonds. The lowest BCUT2D eigenvalue weighted by molar-refractivity contribution is -0.140. The van der Waals surface area contributed by atoms with Crippen molar-refractivity contribution in [3.63, 3.8) is 0 Å². The van der Waals surface area contributed by atoms with Gasteiger partial charge in [0.05, 0.1) is 19.3 Å². The molecule has 1 aromatic carbocycles. The first-order chi connectivity index (χ1) is 19.0. The summed E-state index contributed by atoms with van der Waals surface area (Å²) in [5.41, 5.74) is 1.82. The standard InChI is InChI=1S/C31H45FN2O5.H2/c1-3-4-5-6-7-8-9-16-33-30(36)27-20-38-31(34-27)26-19-24-13-14-28(39-24)25(26)18-22-17-23(32)12-10-21(22)11-15-29(35)37-2;/h10,12,17,24-28H,3-9,11,13-16,18-20H2,1-2H3,(H,33,36);1H. The molecule has 3 aliphatic rings. The first-order valence-electron chi connectivity index (χ1n) is 15.0. The van der Waals surface area contributed by atoms with E-state index in [1.54, 1.807) is 12.1 Å². The fraction of sp³-hybridized carbons (Fsp3) is 0.710. The van der Waals surface area contributed by atoms with Gasteiger partial charge in [0, 0.05) is 26.2 Å². The lowest BCUT2D eigenvalue weighted by Crippen LogP contribution is -2.40. The van der Waals surface area contributed by atoms with Crippen LogP contribution in [0.4, 0.5) is 4.39 Å². The van der Waals surface area contributed by atoms with Crippen molar-refractivity contribution in [1.82, 2.24) is 5.32 Å². The molecule has 2 bridgehead atoms. The average Bonchev–Trinajstić information content (AvgIpc) is 3.59. The number of benzene rings is 1. The first-order valence-corrected chi connectivity index (χ1v) is 15.0. The van der Waals surface area contributed by atoms with Crippen LogP contribution in [0.15, 0.2) is 23.2 Å². The van der Waals surface area contributed by atoms with Gasteiger partial charge in [-0.1, -0.05) is 51.5 Å². The Morgan fingerprint density at radius 2 is 1.92 bits per heavy atom. The number of hydrogen-bond donors (Lipinski definition) is 1. The van der Waals surface area contributed by atoms with Gasteiger partial charge in [-0.15, -0.1) is 0 Å². The highest BCUT2D eigenvalue weighted by Gasteiger charge is 2.47. The molecule has 1 N–H and O–H groups in total. The fourth-order valence-corrected chi connectivity index (χ4v) is 6.26. The number of ether oxygens (including phenoxy) is 3. The summed E-state index contributed by atoms with van der Waals surface area (Å²) in [4.78, 5) is 29.3. The van der Waals surface area contributed by atoms with Crippen LogP contribution in [0.3, 0.4) is 0 Å². The number of aliphatic imine (C=N–C) groups is 1. The van der Waals surface area contributed by atoms with Crippen LogP contribution in [0, 0.1) is 17.7 Å². The van der Waals surface area contributed by atoms with Gasteiger partial charge in [0.1, 0.15) is 12.4 Å². The minimum Gasteiger partial charge on any atom is -0.478 e. The summed E-state index contributed by atoms with van der Waals surface area (Å²) in [6.45, 7) is 3.16. The van der Waals surface area contributed by atoms with Crippen molar-refractivity contribution < 1.29 is 29.6 Å². The molecular formula is C31H47FN2O5. The summed E-state index contributed by atoms with van der Waals surface area (Å²) in [6.07, 6.45) is 12.7. The molecule has 218 valence electrons.